The number of amides is 1. The molecule has 0 fully saturated rings. The Hall–Kier alpha value is -3.68. The highest BCUT2D eigenvalue weighted by molar-refractivity contribution is 5.96. The Morgan fingerprint density at radius 2 is 2.14 bits per heavy atom. The molecular weight excluding hydrogens is 358 g/mol. The molecule has 0 saturated heterocycles. The molecule has 2 N–H and O–H groups in total. The Kier molecular flexibility index (Phi) is 4.52. The smallest absolute Gasteiger partial charge is 0.267 e. The van der Waals surface area contributed by atoms with Gasteiger partial charge in [0.25, 0.3) is 11.5 Å². The summed E-state index contributed by atoms with van der Waals surface area (Å²) in [6.45, 7) is 2.64. The van der Waals surface area contributed by atoms with Crippen molar-refractivity contribution in [3.05, 3.63) is 76.0 Å². The van der Waals surface area contributed by atoms with Gasteiger partial charge >= 0.3 is 0 Å². The summed E-state index contributed by atoms with van der Waals surface area (Å²) in [4.78, 5) is 30.3. The highest BCUT2D eigenvalue weighted by Crippen LogP contribution is 2.11. The number of rotatable bonds is 5. The van der Waals surface area contributed by atoms with Crippen molar-refractivity contribution in [3.63, 3.8) is 0 Å². The molecule has 0 atom stereocenters. The summed E-state index contributed by atoms with van der Waals surface area (Å²) >= 11 is 0. The second-order valence-corrected chi connectivity index (χ2v) is 6.40. The SMILES string of the molecule is CCCn1c(=N)c(C(=O)NCc2ccco2)cc2c(=O)n3ccccc3nc21. The third-order valence-corrected chi connectivity index (χ3v) is 4.51. The molecule has 4 rings (SSSR count). The van der Waals surface area contributed by atoms with Crippen LogP contribution >= 0.6 is 0 Å². The summed E-state index contributed by atoms with van der Waals surface area (Å²) in [6, 6.07) is 10.2. The summed E-state index contributed by atoms with van der Waals surface area (Å²) in [5.41, 5.74) is 0.788. The third-order valence-electron chi connectivity index (χ3n) is 4.51. The maximum atomic E-state index is 13.0. The first-order valence-corrected chi connectivity index (χ1v) is 9.00. The molecule has 0 aliphatic heterocycles. The van der Waals surface area contributed by atoms with Crippen molar-refractivity contribution in [2.45, 2.75) is 26.4 Å². The van der Waals surface area contributed by atoms with Crippen LogP contribution in [0.1, 0.15) is 29.5 Å². The van der Waals surface area contributed by atoms with Crippen molar-refractivity contribution >= 4 is 22.6 Å². The van der Waals surface area contributed by atoms with Gasteiger partial charge in [-0.15, -0.1) is 0 Å². The number of nitrogens with one attached hydrogen (secondary N) is 2. The lowest BCUT2D eigenvalue weighted by Crippen LogP contribution is -2.34. The summed E-state index contributed by atoms with van der Waals surface area (Å²) in [6.07, 6.45) is 3.90. The second kappa shape index (κ2) is 7.15. The zero-order chi connectivity index (χ0) is 19.7. The van der Waals surface area contributed by atoms with E-state index in [1.807, 2.05) is 6.92 Å². The van der Waals surface area contributed by atoms with Gasteiger partial charge in [-0.05, 0) is 36.8 Å². The molecule has 0 aliphatic carbocycles. The maximum absolute atomic E-state index is 13.0. The predicted octanol–water partition coefficient (Wildman–Crippen LogP) is 2.06. The standard InChI is InChI=1S/C20H19N5O3/c1-2-8-25-17(21)14(19(26)22-12-13-6-5-10-28-13)11-15-18(25)23-16-7-3-4-9-24(16)20(15)27/h3-7,9-11,21H,2,8,12H2,1H3,(H,22,26). The highest BCUT2D eigenvalue weighted by Gasteiger charge is 2.17. The first kappa shape index (κ1) is 17.7. The molecule has 0 spiro atoms. The number of aryl methyl sites for hydroxylation is 1. The van der Waals surface area contributed by atoms with E-state index in [1.54, 1.807) is 41.1 Å². The molecule has 8 nitrogen and oxygen atoms in total. The number of furan rings is 1. The Morgan fingerprint density at radius 1 is 1.29 bits per heavy atom. The zero-order valence-corrected chi connectivity index (χ0v) is 15.3. The minimum atomic E-state index is -0.439. The highest BCUT2D eigenvalue weighted by atomic mass is 16.3. The van der Waals surface area contributed by atoms with E-state index in [4.69, 9.17) is 9.83 Å². The van der Waals surface area contributed by atoms with Gasteiger partial charge in [0.2, 0.25) is 0 Å². The van der Waals surface area contributed by atoms with Crippen LogP contribution in [-0.2, 0) is 13.1 Å². The van der Waals surface area contributed by atoms with Gasteiger partial charge in [-0.25, -0.2) is 4.98 Å². The minimum absolute atomic E-state index is 0.0264. The molecule has 8 heteroatoms. The average Bonchev–Trinajstić information content (AvgIpc) is 3.22. The second-order valence-electron chi connectivity index (χ2n) is 6.40. The Bertz CT molecular complexity index is 1290. The minimum Gasteiger partial charge on any atom is -0.467 e. The molecule has 1 amide bonds. The first-order valence-electron chi connectivity index (χ1n) is 9.00. The largest absolute Gasteiger partial charge is 0.467 e. The lowest BCUT2D eigenvalue weighted by atomic mass is 10.2. The first-order chi connectivity index (χ1) is 13.6. The summed E-state index contributed by atoms with van der Waals surface area (Å²) in [5.74, 6) is 0.167. The number of carbonyl (C=O) groups is 1. The molecule has 0 saturated carbocycles. The molecule has 4 aromatic heterocycles. The topological polar surface area (TPSA) is 105 Å². The van der Waals surface area contributed by atoms with Gasteiger partial charge in [-0.3, -0.25) is 19.4 Å². The van der Waals surface area contributed by atoms with Crippen LogP contribution in [-0.4, -0.2) is 19.9 Å². The van der Waals surface area contributed by atoms with Crippen molar-refractivity contribution in [2.75, 3.05) is 0 Å². The van der Waals surface area contributed by atoms with E-state index in [0.29, 0.717) is 29.0 Å². The molecule has 28 heavy (non-hydrogen) atoms. The fourth-order valence-electron chi connectivity index (χ4n) is 3.18. The molecule has 0 aromatic carbocycles. The Balaban J connectivity index is 1.89. The van der Waals surface area contributed by atoms with E-state index in [1.165, 1.54) is 16.7 Å². The molecule has 0 aliphatic rings. The van der Waals surface area contributed by atoms with E-state index >= 15 is 0 Å². The van der Waals surface area contributed by atoms with E-state index in [0.717, 1.165) is 6.42 Å². The Labute approximate surface area is 159 Å². The number of hydrogen-bond acceptors (Lipinski definition) is 5. The van der Waals surface area contributed by atoms with Crippen LogP contribution in [0.3, 0.4) is 0 Å². The number of aromatic nitrogens is 3. The normalized spacial score (nSPS) is 11.2. The number of hydrogen-bond donors (Lipinski definition) is 2. The summed E-state index contributed by atoms with van der Waals surface area (Å²) in [5, 5.41) is 11.6. The van der Waals surface area contributed by atoms with Crippen LogP contribution in [0.2, 0.25) is 0 Å². The van der Waals surface area contributed by atoms with Crippen LogP contribution in [0.25, 0.3) is 16.7 Å². The molecule has 0 radical (unpaired) electrons. The lowest BCUT2D eigenvalue weighted by Gasteiger charge is -2.14. The van der Waals surface area contributed by atoms with Gasteiger partial charge in [-0.1, -0.05) is 13.0 Å². The van der Waals surface area contributed by atoms with E-state index < -0.39 is 5.91 Å². The van der Waals surface area contributed by atoms with Gasteiger partial charge in [0.05, 0.1) is 23.8 Å². The van der Waals surface area contributed by atoms with Crippen molar-refractivity contribution < 1.29 is 9.21 Å². The fraction of sp³-hybridized carbons (Fsp3) is 0.200. The van der Waals surface area contributed by atoms with Gasteiger partial charge < -0.3 is 14.3 Å². The number of nitrogens with zero attached hydrogens (tertiary/aromatic N) is 3. The zero-order valence-electron chi connectivity index (χ0n) is 15.3. The van der Waals surface area contributed by atoms with Gasteiger partial charge in [0.15, 0.2) is 0 Å². The quantitative estimate of drug-likeness (QED) is 0.519. The lowest BCUT2D eigenvalue weighted by molar-refractivity contribution is 0.0945. The van der Waals surface area contributed by atoms with Crippen molar-refractivity contribution in [1.29, 1.82) is 5.41 Å². The van der Waals surface area contributed by atoms with E-state index in [-0.39, 0.29) is 23.2 Å². The predicted molar refractivity (Wildman–Crippen MR) is 103 cm³/mol. The van der Waals surface area contributed by atoms with E-state index in [2.05, 4.69) is 10.3 Å². The van der Waals surface area contributed by atoms with Crippen LogP contribution in [0.15, 0.2) is 58.1 Å². The molecule has 142 valence electrons. The van der Waals surface area contributed by atoms with Crippen LogP contribution in [0.5, 0.6) is 0 Å². The van der Waals surface area contributed by atoms with E-state index in [9.17, 15) is 9.59 Å². The summed E-state index contributed by atoms with van der Waals surface area (Å²) in [7, 11) is 0. The van der Waals surface area contributed by atoms with Crippen molar-refractivity contribution in [3.8, 4) is 0 Å². The summed E-state index contributed by atoms with van der Waals surface area (Å²) < 4.78 is 8.27. The van der Waals surface area contributed by atoms with Crippen LogP contribution < -0.4 is 16.4 Å². The molecule has 0 unspecified atom stereocenters. The monoisotopic (exact) mass is 377 g/mol. The van der Waals surface area contributed by atoms with Crippen LogP contribution in [0.4, 0.5) is 0 Å². The Morgan fingerprint density at radius 3 is 2.89 bits per heavy atom. The van der Waals surface area contributed by atoms with Crippen LogP contribution in [0, 0.1) is 5.41 Å². The number of fused-ring (bicyclic) bond motifs is 2. The third kappa shape index (κ3) is 2.98. The molecule has 0 bridgehead atoms. The molecular formula is C20H19N5O3. The average molecular weight is 377 g/mol. The number of pyridine rings is 2. The molecule has 4 aromatic rings. The van der Waals surface area contributed by atoms with Gasteiger partial charge in [-0.2, -0.15) is 0 Å². The number of carbonyl (C=O) groups excluding carboxylic acids is 1. The van der Waals surface area contributed by atoms with Gasteiger partial charge in [0.1, 0.15) is 22.5 Å². The van der Waals surface area contributed by atoms with Crippen molar-refractivity contribution in [1.82, 2.24) is 19.3 Å². The van der Waals surface area contributed by atoms with Gasteiger partial charge in [0, 0.05) is 12.7 Å². The molecule has 4 heterocycles. The van der Waals surface area contributed by atoms with Crippen molar-refractivity contribution in [2.24, 2.45) is 0 Å². The fourth-order valence-corrected chi connectivity index (χ4v) is 3.18. The maximum Gasteiger partial charge on any atom is 0.267 e.